The summed E-state index contributed by atoms with van der Waals surface area (Å²) in [6.45, 7) is 7.96. The lowest BCUT2D eigenvalue weighted by atomic mass is 10.1. The van der Waals surface area contributed by atoms with E-state index < -0.39 is 0 Å². The van der Waals surface area contributed by atoms with Crippen LogP contribution >= 0.6 is 0 Å². The van der Waals surface area contributed by atoms with Gasteiger partial charge in [0.25, 0.3) is 0 Å². The van der Waals surface area contributed by atoms with Crippen LogP contribution in [-0.2, 0) is 27.7 Å². The molecule has 0 aliphatic carbocycles. The summed E-state index contributed by atoms with van der Waals surface area (Å²) in [6, 6.07) is 0. The zero-order chi connectivity index (χ0) is 13.5. The van der Waals surface area contributed by atoms with Gasteiger partial charge in [0, 0.05) is 19.2 Å². The first-order chi connectivity index (χ1) is 8.56. The standard InChI is InChI=1S/C13H20N2O3/c1-5-17-8-9-18-13(16)7-6-12-10(2)14-15(4)11(12)3/h5H,1,6-9H2,2-4H3. The second-order valence-electron chi connectivity index (χ2n) is 4.03. The number of rotatable bonds is 7. The number of hydrogen-bond acceptors (Lipinski definition) is 4. The normalized spacial score (nSPS) is 10.2. The Bertz CT molecular complexity index is 424. The number of aromatic nitrogens is 2. The summed E-state index contributed by atoms with van der Waals surface area (Å²) < 4.78 is 11.7. The first kappa shape index (κ1) is 14.3. The summed E-state index contributed by atoms with van der Waals surface area (Å²) in [6.07, 6.45) is 2.35. The van der Waals surface area contributed by atoms with Crippen LogP contribution in [0.5, 0.6) is 0 Å². The van der Waals surface area contributed by atoms with Gasteiger partial charge in [-0.2, -0.15) is 5.10 Å². The Morgan fingerprint density at radius 3 is 2.72 bits per heavy atom. The van der Waals surface area contributed by atoms with E-state index in [9.17, 15) is 4.79 Å². The van der Waals surface area contributed by atoms with Crippen molar-refractivity contribution < 1.29 is 14.3 Å². The van der Waals surface area contributed by atoms with E-state index in [2.05, 4.69) is 11.7 Å². The van der Waals surface area contributed by atoms with Crippen molar-refractivity contribution in [3.05, 3.63) is 29.8 Å². The highest BCUT2D eigenvalue weighted by molar-refractivity contribution is 5.69. The van der Waals surface area contributed by atoms with Crippen molar-refractivity contribution in [2.75, 3.05) is 13.2 Å². The topological polar surface area (TPSA) is 53.4 Å². The fraction of sp³-hybridized carbons (Fsp3) is 0.538. The molecule has 1 aromatic heterocycles. The number of carbonyl (C=O) groups is 1. The minimum absolute atomic E-state index is 0.217. The molecule has 5 heteroatoms. The van der Waals surface area contributed by atoms with Gasteiger partial charge in [-0.25, -0.2) is 0 Å². The maximum Gasteiger partial charge on any atom is 0.306 e. The molecule has 0 N–H and O–H groups in total. The molecule has 100 valence electrons. The molecular weight excluding hydrogens is 232 g/mol. The lowest BCUT2D eigenvalue weighted by molar-refractivity contribution is -0.144. The Balaban J connectivity index is 2.36. The van der Waals surface area contributed by atoms with Gasteiger partial charge in [0.15, 0.2) is 0 Å². The van der Waals surface area contributed by atoms with Crippen molar-refractivity contribution >= 4 is 5.97 Å². The minimum Gasteiger partial charge on any atom is -0.498 e. The van der Waals surface area contributed by atoms with Gasteiger partial charge in [-0.3, -0.25) is 9.48 Å². The van der Waals surface area contributed by atoms with E-state index >= 15 is 0 Å². The second kappa shape index (κ2) is 6.83. The van der Waals surface area contributed by atoms with Crippen molar-refractivity contribution in [2.24, 2.45) is 7.05 Å². The number of aryl methyl sites for hydroxylation is 2. The van der Waals surface area contributed by atoms with Crippen LogP contribution in [0.15, 0.2) is 12.8 Å². The molecule has 0 aliphatic rings. The average Bonchev–Trinajstić information content (AvgIpc) is 2.57. The molecule has 0 aromatic carbocycles. The molecule has 0 radical (unpaired) electrons. The Hall–Kier alpha value is -1.78. The third kappa shape index (κ3) is 3.91. The highest BCUT2D eigenvalue weighted by Crippen LogP contribution is 2.14. The average molecular weight is 252 g/mol. The molecule has 0 saturated carbocycles. The molecule has 0 amide bonds. The maximum atomic E-state index is 11.5. The molecule has 0 atom stereocenters. The molecule has 0 saturated heterocycles. The Morgan fingerprint density at radius 2 is 2.17 bits per heavy atom. The Morgan fingerprint density at radius 1 is 1.44 bits per heavy atom. The minimum atomic E-state index is -0.217. The Labute approximate surface area is 107 Å². The molecule has 1 rings (SSSR count). The van der Waals surface area contributed by atoms with Crippen LogP contribution in [0.2, 0.25) is 0 Å². The lowest BCUT2D eigenvalue weighted by Crippen LogP contribution is -2.10. The smallest absolute Gasteiger partial charge is 0.306 e. The van der Waals surface area contributed by atoms with Crippen LogP contribution in [-0.4, -0.2) is 29.0 Å². The highest BCUT2D eigenvalue weighted by atomic mass is 16.6. The molecule has 0 fully saturated rings. The predicted molar refractivity (Wildman–Crippen MR) is 68.1 cm³/mol. The summed E-state index contributed by atoms with van der Waals surface area (Å²) >= 11 is 0. The fourth-order valence-corrected chi connectivity index (χ4v) is 1.77. The van der Waals surface area contributed by atoms with Crippen molar-refractivity contribution in [3.8, 4) is 0 Å². The van der Waals surface area contributed by atoms with Gasteiger partial charge in [-0.15, -0.1) is 0 Å². The Kier molecular flexibility index (Phi) is 5.42. The largest absolute Gasteiger partial charge is 0.498 e. The van der Waals surface area contributed by atoms with Gasteiger partial charge in [0.1, 0.15) is 13.2 Å². The van der Waals surface area contributed by atoms with E-state index in [0.29, 0.717) is 19.4 Å². The quantitative estimate of drug-likeness (QED) is 0.421. The van der Waals surface area contributed by atoms with E-state index in [1.54, 1.807) is 0 Å². The van der Waals surface area contributed by atoms with E-state index in [1.807, 2.05) is 25.6 Å². The van der Waals surface area contributed by atoms with Crippen molar-refractivity contribution in [3.63, 3.8) is 0 Å². The first-order valence-corrected chi connectivity index (χ1v) is 5.93. The first-order valence-electron chi connectivity index (χ1n) is 5.93. The van der Waals surface area contributed by atoms with Crippen LogP contribution in [0.4, 0.5) is 0 Å². The summed E-state index contributed by atoms with van der Waals surface area (Å²) in [5.41, 5.74) is 3.19. The molecule has 5 nitrogen and oxygen atoms in total. The van der Waals surface area contributed by atoms with Gasteiger partial charge in [-0.05, 0) is 25.8 Å². The maximum absolute atomic E-state index is 11.5. The number of esters is 1. The molecule has 18 heavy (non-hydrogen) atoms. The van der Waals surface area contributed by atoms with Gasteiger partial charge in [0.05, 0.1) is 12.0 Å². The molecule has 1 aromatic rings. The molecule has 0 bridgehead atoms. The third-order valence-electron chi connectivity index (χ3n) is 2.82. The summed E-state index contributed by atoms with van der Waals surface area (Å²) in [4.78, 5) is 11.5. The molecular formula is C13H20N2O3. The monoisotopic (exact) mass is 252 g/mol. The zero-order valence-electron chi connectivity index (χ0n) is 11.2. The second-order valence-corrected chi connectivity index (χ2v) is 4.03. The SMILES string of the molecule is C=COCCOC(=O)CCc1c(C)nn(C)c1C. The van der Waals surface area contributed by atoms with Gasteiger partial charge < -0.3 is 9.47 Å². The number of carbonyl (C=O) groups excluding carboxylic acids is 1. The predicted octanol–water partition coefficient (Wildman–Crippen LogP) is 1.67. The summed E-state index contributed by atoms with van der Waals surface area (Å²) in [5, 5.41) is 4.31. The van der Waals surface area contributed by atoms with Gasteiger partial charge in [-0.1, -0.05) is 6.58 Å². The summed E-state index contributed by atoms with van der Waals surface area (Å²) in [5.74, 6) is -0.217. The van der Waals surface area contributed by atoms with E-state index in [4.69, 9.17) is 9.47 Å². The zero-order valence-corrected chi connectivity index (χ0v) is 11.2. The fourth-order valence-electron chi connectivity index (χ4n) is 1.77. The molecule has 1 heterocycles. The van der Waals surface area contributed by atoms with Crippen molar-refractivity contribution in [2.45, 2.75) is 26.7 Å². The summed E-state index contributed by atoms with van der Waals surface area (Å²) in [7, 11) is 1.90. The van der Waals surface area contributed by atoms with E-state index in [1.165, 1.54) is 6.26 Å². The molecule has 0 unspecified atom stereocenters. The number of nitrogens with zero attached hydrogens (tertiary/aromatic N) is 2. The van der Waals surface area contributed by atoms with Crippen LogP contribution in [0.25, 0.3) is 0 Å². The van der Waals surface area contributed by atoms with Gasteiger partial charge in [0.2, 0.25) is 0 Å². The van der Waals surface area contributed by atoms with Crippen molar-refractivity contribution in [1.29, 1.82) is 0 Å². The van der Waals surface area contributed by atoms with E-state index in [-0.39, 0.29) is 12.6 Å². The van der Waals surface area contributed by atoms with Gasteiger partial charge >= 0.3 is 5.97 Å². The van der Waals surface area contributed by atoms with Crippen LogP contribution < -0.4 is 0 Å². The third-order valence-corrected chi connectivity index (χ3v) is 2.82. The lowest BCUT2D eigenvalue weighted by Gasteiger charge is -2.05. The van der Waals surface area contributed by atoms with E-state index in [0.717, 1.165) is 17.0 Å². The van der Waals surface area contributed by atoms with Crippen LogP contribution in [0.1, 0.15) is 23.4 Å². The molecule has 0 spiro atoms. The number of hydrogen-bond donors (Lipinski definition) is 0. The molecule has 0 aliphatic heterocycles. The van der Waals surface area contributed by atoms with Crippen LogP contribution in [0.3, 0.4) is 0 Å². The number of ether oxygens (including phenoxy) is 2. The van der Waals surface area contributed by atoms with Crippen LogP contribution in [0, 0.1) is 13.8 Å². The highest BCUT2D eigenvalue weighted by Gasteiger charge is 2.11. The van der Waals surface area contributed by atoms with Crippen molar-refractivity contribution in [1.82, 2.24) is 9.78 Å².